The van der Waals surface area contributed by atoms with Gasteiger partial charge in [0.1, 0.15) is 0 Å². The molecule has 132 valence electrons. The van der Waals surface area contributed by atoms with Crippen LogP contribution in [0.5, 0.6) is 0 Å². The van der Waals surface area contributed by atoms with Crippen LogP contribution in [-0.4, -0.2) is 18.5 Å². The Kier molecular flexibility index (Phi) is 4.70. The van der Waals surface area contributed by atoms with Crippen molar-refractivity contribution in [1.29, 1.82) is 0 Å². The number of nitrogens with one attached hydrogen (secondary N) is 1. The van der Waals surface area contributed by atoms with Gasteiger partial charge in [-0.25, -0.2) is 0 Å². The number of hydrogen-bond donors (Lipinski definition) is 1. The van der Waals surface area contributed by atoms with Gasteiger partial charge in [-0.1, -0.05) is 30.3 Å². The van der Waals surface area contributed by atoms with Crippen LogP contribution in [0.1, 0.15) is 24.5 Å². The van der Waals surface area contributed by atoms with Crippen LogP contribution in [0.2, 0.25) is 0 Å². The Labute approximate surface area is 144 Å². The number of para-hydroxylation sites is 2. The number of benzene rings is 2. The molecule has 0 saturated heterocycles. The number of halogens is 3. The van der Waals surface area contributed by atoms with Gasteiger partial charge in [0.2, 0.25) is 5.91 Å². The molecule has 1 heterocycles. The Bertz CT molecular complexity index is 773. The van der Waals surface area contributed by atoms with Gasteiger partial charge in [0.25, 0.3) is 0 Å². The largest absolute Gasteiger partial charge is 0.418 e. The highest BCUT2D eigenvalue weighted by Gasteiger charge is 2.33. The van der Waals surface area contributed by atoms with E-state index in [1.165, 1.54) is 23.8 Å². The van der Waals surface area contributed by atoms with Crippen LogP contribution in [0.25, 0.3) is 0 Å². The number of rotatable bonds is 4. The van der Waals surface area contributed by atoms with E-state index in [0.29, 0.717) is 6.54 Å². The van der Waals surface area contributed by atoms with Gasteiger partial charge in [-0.15, -0.1) is 0 Å². The second kappa shape index (κ2) is 6.78. The fourth-order valence-corrected chi connectivity index (χ4v) is 3.24. The number of carbonyl (C=O) groups is 1. The van der Waals surface area contributed by atoms with Gasteiger partial charge in [0, 0.05) is 24.7 Å². The Morgan fingerprint density at radius 1 is 1.16 bits per heavy atom. The molecule has 0 aromatic heterocycles. The summed E-state index contributed by atoms with van der Waals surface area (Å²) in [4.78, 5) is 14.3. The minimum Gasteiger partial charge on any atom is -0.368 e. The fourth-order valence-electron chi connectivity index (χ4n) is 3.24. The lowest BCUT2D eigenvalue weighted by atomic mass is 10.1. The Morgan fingerprint density at radius 2 is 1.84 bits per heavy atom. The van der Waals surface area contributed by atoms with Crippen LogP contribution in [0.4, 0.5) is 24.5 Å². The van der Waals surface area contributed by atoms with E-state index in [1.807, 2.05) is 18.2 Å². The van der Waals surface area contributed by atoms with Crippen LogP contribution in [0.3, 0.4) is 0 Å². The van der Waals surface area contributed by atoms with Crippen molar-refractivity contribution in [2.75, 3.05) is 16.8 Å². The molecule has 1 N–H and O–H groups in total. The smallest absolute Gasteiger partial charge is 0.368 e. The van der Waals surface area contributed by atoms with Crippen molar-refractivity contribution < 1.29 is 18.0 Å². The number of fused-ring (bicyclic) bond motifs is 1. The van der Waals surface area contributed by atoms with E-state index in [-0.39, 0.29) is 18.2 Å². The molecule has 3 rings (SSSR count). The molecule has 1 amide bonds. The lowest BCUT2D eigenvalue weighted by Crippen LogP contribution is -2.32. The van der Waals surface area contributed by atoms with Gasteiger partial charge >= 0.3 is 6.18 Å². The van der Waals surface area contributed by atoms with E-state index in [1.54, 1.807) is 0 Å². The number of anilines is 2. The molecule has 1 unspecified atom stereocenters. The average molecular weight is 348 g/mol. The van der Waals surface area contributed by atoms with E-state index in [4.69, 9.17) is 0 Å². The quantitative estimate of drug-likeness (QED) is 0.883. The number of carbonyl (C=O) groups excluding carboxylic acids is 1. The van der Waals surface area contributed by atoms with Crippen molar-refractivity contribution >= 4 is 17.3 Å². The van der Waals surface area contributed by atoms with E-state index < -0.39 is 17.6 Å². The van der Waals surface area contributed by atoms with E-state index in [2.05, 4.69) is 23.2 Å². The molecule has 1 atom stereocenters. The SMILES string of the molecule is CC1Cc2ccccc2N1CCC(=O)Nc1ccccc1C(F)(F)F. The molecule has 1 aliphatic heterocycles. The zero-order valence-corrected chi connectivity index (χ0v) is 13.8. The standard InChI is InChI=1S/C19H19F3N2O/c1-13-12-14-6-2-5-9-17(14)24(13)11-10-18(25)23-16-8-4-3-7-15(16)19(20,21)22/h2-9,13H,10-12H2,1H3,(H,23,25). The van der Waals surface area contributed by atoms with Gasteiger partial charge in [-0.3, -0.25) is 4.79 Å². The van der Waals surface area contributed by atoms with Crippen molar-refractivity contribution in [1.82, 2.24) is 0 Å². The number of alkyl halides is 3. The molecule has 0 saturated carbocycles. The van der Waals surface area contributed by atoms with Gasteiger partial charge in [-0.2, -0.15) is 13.2 Å². The summed E-state index contributed by atoms with van der Waals surface area (Å²) in [6.07, 6.45) is -3.45. The Morgan fingerprint density at radius 3 is 2.60 bits per heavy atom. The van der Waals surface area contributed by atoms with Crippen LogP contribution < -0.4 is 10.2 Å². The normalized spacial score (nSPS) is 16.6. The minimum absolute atomic E-state index is 0.130. The lowest BCUT2D eigenvalue weighted by Gasteiger charge is -2.24. The summed E-state index contributed by atoms with van der Waals surface area (Å²) in [5.74, 6) is -0.423. The number of nitrogens with zero attached hydrogens (tertiary/aromatic N) is 1. The second-order valence-corrected chi connectivity index (χ2v) is 6.22. The van der Waals surface area contributed by atoms with Crippen LogP contribution in [-0.2, 0) is 17.4 Å². The number of amides is 1. The maximum absolute atomic E-state index is 13.0. The van der Waals surface area contributed by atoms with Crippen LogP contribution >= 0.6 is 0 Å². The molecule has 2 aromatic rings. The summed E-state index contributed by atoms with van der Waals surface area (Å²) < 4.78 is 39.0. The van der Waals surface area contributed by atoms with Gasteiger partial charge < -0.3 is 10.2 Å². The van der Waals surface area contributed by atoms with Gasteiger partial charge in [-0.05, 0) is 37.1 Å². The predicted molar refractivity (Wildman–Crippen MR) is 91.6 cm³/mol. The first-order chi connectivity index (χ1) is 11.9. The Balaban J connectivity index is 1.65. The summed E-state index contributed by atoms with van der Waals surface area (Å²) in [5.41, 5.74) is 1.30. The third-order valence-corrected chi connectivity index (χ3v) is 4.43. The molecule has 0 spiro atoms. The summed E-state index contributed by atoms with van der Waals surface area (Å²) in [5, 5.41) is 2.39. The zero-order valence-electron chi connectivity index (χ0n) is 13.8. The third kappa shape index (κ3) is 3.78. The molecule has 25 heavy (non-hydrogen) atoms. The van der Waals surface area contributed by atoms with E-state index in [9.17, 15) is 18.0 Å². The molecule has 0 aliphatic carbocycles. The van der Waals surface area contributed by atoms with E-state index in [0.717, 1.165) is 18.2 Å². The maximum Gasteiger partial charge on any atom is 0.418 e. The Hall–Kier alpha value is -2.50. The topological polar surface area (TPSA) is 32.3 Å². The molecule has 3 nitrogen and oxygen atoms in total. The molecule has 0 radical (unpaired) electrons. The average Bonchev–Trinajstić information content (AvgIpc) is 2.87. The van der Waals surface area contributed by atoms with Crippen LogP contribution in [0.15, 0.2) is 48.5 Å². The molecule has 0 bridgehead atoms. The minimum atomic E-state index is -4.49. The van der Waals surface area contributed by atoms with E-state index >= 15 is 0 Å². The third-order valence-electron chi connectivity index (χ3n) is 4.43. The molecule has 0 fully saturated rings. The highest BCUT2D eigenvalue weighted by molar-refractivity contribution is 5.92. The molecule has 2 aromatic carbocycles. The highest BCUT2D eigenvalue weighted by atomic mass is 19.4. The van der Waals surface area contributed by atoms with Crippen molar-refractivity contribution in [2.24, 2.45) is 0 Å². The summed E-state index contributed by atoms with van der Waals surface area (Å²) in [6.45, 7) is 2.55. The number of hydrogen-bond acceptors (Lipinski definition) is 2. The second-order valence-electron chi connectivity index (χ2n) is 6.22. The van der Waals surface area contributed by atoms with Gasteiger partial charge in [0.15, 0.2) is 0 Å². The van der Waals surface area contributed by atoms with Crippen molar-refractivity contribution in [3.05, 3.63) is 59.7 Å². The van der Waals surface area contributed by atoms with Crippen LogP contribution in [0, 0.1) is 0 Å². The first-order valence-electron chi connectivity index (χ1n) is 8.17. The van der Waals surface area contributed by atoms with Crippen molar-refractivity contribution in [3.8, 4) is 0 Å². The van der Waals surface area contributed by atoms with Crippen molar-refractivity contribution in [3.63, 3.8) is 0 Å². The monoisotopic (exact) mass is 348 g/mol. The first kappa shape index (κ1) is 17.3. The summed E-state index contributed by atoms with van der Waals surface area (Å²) in [6, 6.07) is 13.3. The highest BCUT2D eigenvalue weighted by Crippen LogP contribution is 2.35. The van der Waals surface area contributed by atoms with Gasteiger partial charge in [0.05, 0.1) is 11.3 Å². The predicted octanol–water partition coefficient (Wildman–Crippen LogP) is 4.49. The molecular formula is C19H19F3N2O. The lowest BCUT2D eigenvalue weighted by molar-refractivity contribution is -0.137. The summed E-state index contributed by atoms with van der Waals surface area (Å²) in [7, 11) is 0. The maximum atomic E-state index is 13.0. The zero-order chi connectivity index (χ0) is 18.0. The van der Waals surface area contributed by atoms with Crippen molar-refractivity contribution in [2.45, 2.75) is 32.0 Å². The fraction of sp³-hybridized carbons (Fsp3) is 0.316. The first-order valence-corrected chi connectivity index (χ1v) is 8.17. The molecular weight excluding hydrogens is 329 g/mol. The molecule has 1 aliphatic rings. The summed E-state index contributed by atoms with van der Waals surface area (Å²) >= 11 is 0. The molecule has 6 heteroatoms.